The largest absolute Gasteiger partial charge is 0.493 e. The molecule has 0 aliphatic rings. The molecule has 0 aliphatic heterocycles. The van der Waals surface area contributed by atoms with Gasteiger partial charge in [-0.15, -0.1) is 0 Å². The Morgan fingerprint density at radius 3 is 2.00 bits per heavy atom. The van der Waals surface area contributed by atoms with Crippen LogP contribution in [0.2, 0.25) is 0 Å². The first-order chi connectivity index (χ1) is 7.74. The second-order valence-electron chi connectivity index (χ2n) is 4.37. The van der Waals surface area contributed by atoms with Crippen molar-refractivity contribution in [3.05, 3.63) is 23.8 Å². The highest BCUT2D eigenvalue weighted by molar-refractivity contribution is 5.44. The lowest BCUT2D eigenvalue weighted by atomic mass is 9.91. The van der Waals surface area contributed by atoms with E-state index < -0.39 is 11.5 Å². The predicted molar refractivity (Wildman–Crippen MR) is 61.7 cm³/mol. The number of rotatable bonds is 4. The summed E-state index contributed by atoms with van der Waals surface area (Å²) in [5.41, 5.74) is 3.65. The lowest BCUT2D eigenvalue weighted by molar-refractivity contribution is -0.0674. The van der Waals surface area contributed by atoms with Gasteiger partial charge in [0.2, 0.25) is 0 Å². The van der Waals surface area contributed by atoms with Crippen molar-refractivity contribution in [2.45, 2.75) is 25.3 Å². The second-order valence-corrected chi connectivity index (χ2v) is 4.37. The Hall–Kier alpha value is -1.36. The highest BCUT2D eigenvalue weighted by atomic mass is 19.3. The Morgan fingerprint density at radius 2 is 1.59 bits per heavy atom. The first kappa shape index (κ1) is 13.7. The Labute approximate surface area is 99.5 Å². The van der Waals surface area contributed by atoms with Gasteiger partial charge in [-0.3, -0.25) is 0 Å². The van der Waals surface area contributed by atoms with E-state index in [0.29, 0.717) is 5.75 Å². The molecule has 5 heteroatoms. The average Bonchev–Trinajstić information content (AvgIpc) is 2.26. The standard InChI is InChI=1S/C12H17F2NO2/c1-11(2,15)12(13,14)8-5-6-9(16-3)10(7-8)17-4/h5-7H,15H2,1-4H3. The monoisotopic (exact) mass is 245 g/mol. The fourth-order valence-electron chi connectivity index (χ4n) is 1.40. The van der Waals surface area contributed by atoms with E-state index in [9.17, 15) is 8.78 Å². The summed E-state index contributed by atoms with van der Waals surface area (Å²) in [4.78, 5) is 0. The SMILES string of the molecule is COc1ccc(C(F)(F)C(C)(C)N)cc1OC. The van der Waals surface area contributed by atoms with Gasteiger partial charge < -0.3 is 15.2 Å². The van der Waals surface area contributed by atoms with Gasteiger partial charge in [-0.2, -0.15) is 8.78 Å². The van der Waals surface area contributed by atoms with Gasteiger partial charge in [-0.25, -0.2) is 0 Å². The van der Waals surface area contributed by atoms with Gasteiger partial charge in [0.1, 0.15) is 0 Å². The van der Waals surface area contributed by atoms with Crippen LogP contribution in [-0.4, -0.2) is 19.8 Å². The maximum Gasteiger partial charge on any atom is 0.290 e. The van der Waals surface area contributed by atoms with Crippen molar-refractivity contribution in [1.82, 2.24) is 0 Å². The summed E-state index contributed by atoms with van der Waals surface area (Å²) >= 11 is 0. The zero-order chi connectivity index (χ0) is 13.3. The summed E-state index contributed by atoms with van der Waals surface area (Å²) in [7, 11) is 2.84. The minimum atomic E-state index is -3.15. The normalized spacial score (nSPS) is 12.4. The molecule has 96 valence electrons. The number of halogens is 2. The molecule has 17 heavy (non-hydrogen) atoms. The van der Waals surface area contributed by atoms with Crippen LogP contribution in [0.3, 0.4) is 0 Å². The van der Waals surface area contributed by atoms with Gasteiger partial charge in [0.15, 0.2) is 11.5 Å². The van der Waals surface area contributed by atoms with Gasteiger partial charge >= 0.3 is 0 Å². The molecule has 0 aliphatic carbocycles. The van der Waals surface area contributed by atoms with Crippen LogP contribution in [0.1, 0.15) is 19.4 Å². The molecule has 0 unspecified atom stereocenters. The molecule has 0 amide bonds. The molecule has 0 bridgehead atoms. The minimum Gasteiger partial charge on any atom is -0.493 e. The number of ether oxygens (including phenoxy) is 2. The molecule has 0 spiro atoms. The highest BCUT2D eigenvalue weighted by Gasteiger charge is 2.45. The molecule has 0 fully saturated rings. The molecule has 3 nitrogen and oxygen atoms in total. The number of methoxy groups -OCH3 is 2. The van der Waals surface area contributed by atoms with E-state index in [0.717, 1.165) is 0 Å². The number of alkyl halides is 2. The summed E-state index contributed by atoms with van der Waals surface area (Å²) in [6.07, 6.45) is 0. The van der Waals surface area contributed by atoms with Crippen LogP contribution in [0.5, 0.6) is 11.5 Å². The average molecular weight is 245 g/mol. The third-order valence-corrected chi connectivity index (χ3v) is 2.56. The number of hydrogen-bond acceptors (Lipinski definition) is 3. The van der Waals surface area contributed by atoms with Gasteiger partial charge in [0.25, 0.3) is 5.92 Å². The fourth-order valence-corrected chi connectivity index (χ4v) is 1.40. The van der Waals surface area contributed by atoms with Crippen molar-refractivity contribution in [3.63, 3.8) is 0 Å². The van der Waals surface area contributed by atoms with E-state index in [1.54, 1.807) is 0 Å². The van der Waals surface area contributed by atoms with Crippen molar-refractivity contribution in [1.29, 1.82) is 0 Å². The quantitative estimate of drug-likeness (QED) is 0.886. The van der Waals surface area contributed by atoms with Crippen LogP contribution in [0.25, 0.3) is 0 Å². The lowest BCUT2D eigenvalue weighted by Gasteiger charge is -2.30. The molecule has 2 N–H and O–H groups in total. The molecular formula is C12H17F2NO2. The van der Waals surface area contributed by atoms with Gasteiger partial charge in [0.05, 0.1) is 19.8 Å². The first-order valence-corrected chi connectivity index (χ1v) is 5.13. The number of nitrogens with two attached hydrogens (primary N) is 1. The molecule has 0 radical (unpaired) electrons. The van der Waals surface area contributed by atoms with Gasteiger partial charge in [-0.05, 0) is 32.0 Å². The Morgan fingerprint density at radius 1 is 1.06 bits per heavy atom. The van der Waals surface area contributed by atoms with E-state index in [-0.39, 0.29) is 11.3 Å². The number of hydrogen-bond donors (Lipinski definition) is 1. The van der Waals surface area contributed by atoms with Crippen molar-refractivity contribution < 1.29 is 18.3 Å². The van der Waals surface area contributed by atoms with Crippen LogP contribution in [0.4, 0.5) is 8.78 Å². The maximum atomic E-state index is 14.0. The zero-order valence-electron chi connectivity index (χ0n) is 10.4. The summed E-state index contributed by atoms with van der Waals surface area (Å²) in [5.74, 6) is -2.48. The van der Waals surface area contributed by atoms with Crippen LogP contribution in [0.15, 0.2) is 18.2 Å². The molecular weight excluding hydrogens is 228 g/mol. The van der Waals surface area contributed by atoms with Crippen molar-refractivity contribution >= 4 is 0 Å². The Kier molecular flexibility index (Phi) is 3.62. The van der Waals surface area contributed by atoms with E-state index in [4.69, 9.17) is 15.2 Å². The highest BCUT2D eigenvalue weighted by Crippen LogP contribution is 2.40. The van der Waals surface area contributed by atoms with Crippen LogP contribution in [-0.2, 0) is 5.92 Å². The molecule has 0 saturated heterocycles. The Bertz CT molecular complexity index is 400. The molecule has 1 aromatic rings. The zero-order valence-corrected chi connectivity index (χ0v) is 10.4. The van der Waals surface area contributed by atoms with Crippen molar-refractivity contribution in [2.24, 2.45) is 5.73 Å². The second kappa shape index (κ2) is 4.49. The maximum absolute atomic E-state index is 14.0. The molecule has 1 aromatic carbocycles. The summed E-state index contributed by atoms with van der Waals surface area (Å²) in [6, 6.07) is 3.97. The van der Waals surface area contributed by atoms with E-state index in [1.807, 2.05) is 0 Å². The predicted octanol–water partition coefficient (Wildman–Crippen LogP) is 2.53. The molecule has 0 heterocycles. The number of benzene rings is 1. The van der Waals surface area contributed by atoms with Gasteiger partial charge in [-0.1, -0.05) is 0 Å². The summed E-state index contributed by atoms with van der Waals surface area (Å²) < 4.78 is 38.0. The molecule has 1 rings (SSSR count). The minimum absolute atomic E-state index is 0.192. The van der Waals surface area contributed by atoms with E-state index in [2.05, 4.69) is 0 Å². The first-order valence-electron chi connectivity index (χ1n) is 5.13. The van der Waals surface area contributed by atoms with Crippen LogP contribution < -0.4 is 15.2 Å². The lowest BCUT2D eigenvalue weighted by Crippen LogP contribution is -2.48. The summed E-state index contributed by atoms with van der Waals surface area (Å²) in [5, 5.41) is 0. The summed E-state index contributed by atoms with van der Waals surface area (Å²) in [6.45, 7) is 2.56. The van der Waals surface area contributed by atoms with E-state index in [1.165, 1.54) is 46.3 Å². The Balaban J connectivity index is 3.25. The van der Waals surface area contributed by atoms with Gasteiger partial charge in [0, 0.05) is 5.56 Å². The topological polar surface area (TPSA) is 44.5 Å². The molecule has 0 atom stereocenters. The third-order valence-electron chi connectivity index (χ3n) is 2.56. The smallest absolute Gasteiger partial charge is 0.290 e. The molecule has 0 aromatic heterocycles. The van der Waals surface area contributed by atoms with Crippen molar-refractivity contribution in [3.8, 4) is 11.5 Å². The molecule has 0 saturated carbocycles. The van der Waals surface area contributed by atoms with Crippen LogP contribution >= 0.6 is 0 Å². The third kappa shape index (κ3) is 2.49. The fraction of sp³-hybridized carbons (Fsp3) is 0.500. The van der Waals surface area contributed by atoms with Crippen molar-refractivity contribution in [2.75, 3.05) is 14.2 Å². The van der Waals surface area contributed by atoms with E-state index >= 15 is 0 Å². The van der Waals surface area contributed by atoms with Crippen LogP contribution in [0, 0.1) is 0 Å².